The number of benzene rings is 1. The summed E-state index contributed by atoms with van der Waals surface area (Å²) >= 11 is 3.47. The molecule has 1 aromatic rings. The molecule has 1 N–H and O–H groups in total. The van der Waals surface area contributed by atoms with Crippen molar-refractivity contribution in [1.82, 2.24) is 0 Å². The molecule has 1 aromatic carbocycles. The Morgan fingerprint density at radius 2 is 2.38 bits per heavy atom. The van der Waals surface area contributed by atoms with Gasteiger partial charge in [0.2, 0.25) is 0 Å². The predicted molar refractivity (Wildman–Crippen MR) is 54.1 cm³/mol. The van der Waals surface area contributed by atoms with Crippen LogP contribution < -0.4 is 4.74 Å². The largest absolute Gasteiger partial charge is 0.493 e. The van der Waals surface area contributed by atoms with E-state index >= 15 is 0 Å². The molecule has 0 aromatic heterocycles. The fourth-order valence-corrected chi connectivity index (χ4v) is 2.35. The zero-order chi connectivity index (χ0) is 9.26. The third-order valence-corrected chi connectivity index (χ3v) is 3.06. The molecule has 2 rings (SSSR count). The average molecular weight is 243 g/mol. The van der Waals surface area contributed by atoms with Crippen molar-refractivity contribution < 1.29 is 9.84 Å². The van der Waals surface area contributed by atoms with E-state index in [1.165, 1.54) is 0 Å². The van der Waals surface area contributed by atoms with Crippen molar-refractivity contribution in [2.45, 2.75) is 12.3 Å². The van der Waals surface area contributed by atoms with E-state index in [0.717, 1.165) is 22.2 Å². The van der Waals surface area contributed by atoms with Crippen molar-refractivity contribution in [2.24, 2.45) is 0 Å². The number of halogens is 1. The lowest BCUT2D eigenvalue weighted by Crippen LogP contribution is -2.17. The maximum atomic E-state index is 9.19. The fourth-order valence-electron chi connectivity index (χ4n) is 1.68. The van der Waals surface area contributed by atoms with E-state index in [9.17, 15) is 5.11 Å². The molecule has 0 aliphatic carbocycles. The van der Waals surface area contributed by atoms with Crippen molar-refractivity contribution in [3.8, 4) is 5.75 Å². The Labute approximate surface area is 85.7 Å². The van der Waals surface area contributed by atoms with Gasteiger partial charge in [0, 0.05) is 16.0 Å². The Bertz CT molecular complexity index is 312. The molecule has 0 spiro atoms. The summed E-state index contributed by atoms with van der Waals surface area (Å²) < 4.78 is 6.53. The lowest BCUT2D eigenvalue weighted by molar-refractivity contribution is 0.204. The standard InChI is InChI=1S/C10H11BrO2/c11-8-2-1-3-9-10(8)7(6-12)4-5-13-9/h1-3,7,12H,4-6H2. The first-order valence-electron chi connectivity index (χ1n) is 4.35. The summed E-state index contributed by atoms with van der Waals surface area (Å²) in [5, 5.41) is 9.19. The first kappa shape index (κ1) is 9.03. The summed E-state index contributed by atoms with van der Waals surface area (Å²) in [6.45, 7) is 0.896. The van der Waals surface area contributed by atoms with Crippen molar-refractivity contribution in [2.75, 3.05) is 13.2 Å². The number of ether oxygens (including phenoxy) is 1. The van der Waals surface area contributed by atoms with E-state index < -0.39 is 0 Å². The summed E-state index contributed by atoms with van der Waals surface area (Å²) in [4.78, 5) is 0. The Hall–Kier alpha value is -0.540. The summed E-state index contributed by atoms with van der Waals surface area (Å²) in [7, 11) is 0. The average Bonchev–Trinajstić information content (AvgIpc) is 2.17. The van der Waals surface area contributed by atoms with Gasteiger partial charge in [-0.2, -0.15) is 0 Å². The number of hydrogen-bond acceptors (Lipinski definition) is 2. The van der Waals surface area contributed by atoms with Crippen LogP contribution in [0.3, 0.4) is 0 Å². The van der Waals surface area contributed by atoms with Gasteiger partial charge < -0.3 is 9.84 Å². The number of fused-ring (bicyclic) bond motifs is 1. The van der Waals surface area contributed by atoms with Crippen LogP contribution in [0.5, 0.6) is 5.75 Å². The zero-order valence-electron chi connectivity index (χ0n) is 7.16. The highest BCUT2D eigenvalue weighted by atomic mass is 79.9. The zero-order valence-corrected chi connectivity index (χ0v) is 8.75. The molecule has 0 bridgehead atoms. The SMILES string of the molecule is OCC1CCOc2cccc(Br)c21. The molecule has 1 atom stereocenters. The van der Waals surface area contributed by atoms with Gasteiger partial charge >= 0.3 is 0 Å². The van der Waals surface area contributed by atoms with Gasteiger partial charge in [-0.1, -0.05) is 22.0 Å². The predicted octanol–water partition coefficient (Wildman–Crippen LogP) is 2.31. The van der Waals surface area contributed by atoms with Crippen molar-refractivity contribution >= 4 is 15.9 Å². The molecule has 2 nitrogen and oxygen atoms in total. The monoisotopic (exact) mass is 242 g/mol. The van der Waals surface area contributed by atoms with Crippen molar-refractivity contribution in [3.63, 3.8) is 0 Å². The smallest absolute Gasteiger partial charge is 0.123 e. The molecule has 1 heterocycles. The highest BCUT2D eigenvalue weighted by molar-refractivity contribution is 9.10. The summed E-state index contributed by atoms with van der Waals surface area (Å²) in [6, 6.07) is 5.88. The molecule has 0 radical (unpaired) electrons. The minimum Gasteiger partial charge on any atom is -0.493 e. The Kier molecular flexibility index (Phi) is 2.56. The van der Waals surface area contributed by atoms with Gasteiger partial charge in [-0.15, -0.1) is 0 Å². The minimum absolute atomic E-state index is 0.193. The van der Waals surface area contributed by atoms with Gasteiger partial charge in [0.15, 0.2) is 0 Å². The molecular formula is C10H11BrO2. The Morgan fingerprint density at radius 1 is 1.54 bits per heavy atom. The van der Waals surface area contributed by atoms with Crippen LogP contribution in [0.15, 0.2) is 22.7 Å². The molecule has 0 fully saturated rings. The number of aliphatic hydroxyl groups is 1. The highest BCUT2D eigenvalue weighted by Crippen LogP contribution is 2.38. The molecule has 1 aliphatic rings. The lowest BCUT2D eigenvalue weighted by Gasteiger charge is -2.25. The Balaban J connectivity index is 2.47. The number of aliphatic hydroxyl groups excluding tert-OH is 1. The van der Waals surface area contributed by atoms with Gasteiger partial charge in [-0.05, 0) is 18.6 Å². The van der Waals surface area contributed by atoms with Gasteiger partial charge in [0.05, 0.1) is 13.2 Å². The van der Waals surface area contributed by atoms with Gasteiger partial charge in [0.25, 0.3) is 0 Å². The van der Waals surface area contributed by atoms with E-state index in [4.69, 9.17) is 4.74 Å². The number of hydrogen-bond donors (Lipinski definition) is 1. The molecule has 0 saturated heterocycles. The van der Waals surface area contributed by atoms with Crippen LogP contribution in [-0.4, -0.2) is 18.3 Å². The minimum atomic E-state index is 0.193. The maximum absolute atomic E-state index is 9.19. The van der Waals surface area contributed by atoms with E-state index in [-0.39, 0.29) is 12.5 Å². The second-order valence-electron chi connectivity index (χ2n) is 3.17. The second kappa shape index (κ2) is 3.68. The second-order valence-corrected chi connectivity index (χ2v) is 4.02. The van der Waals surface area contributed by atoms with E-state index in [1.54, 1.807) is 0 Å². The normalized spacial score (nSPS) is 20.6. The van der Waals surface area contributed by atoms with Gasteiger partial charge in [-0.25, -0.2) is 0 Å². The quantitative estimate of drug-likeness (QED) is 0.820. The van der Waals surface area contributed by atoms with E-state index in [0.29, 0.717) is 6.61 Å². The summed E-state index contributed by atoms with van der Waals surface area (Å²) in [5.41, 5.74) is 1.11. The molecular weight excluding hydrogens is 232 g/mol. The van der Waals surface area contributed by atoms with Crippen LogP contribution in [0.4, 0.5) is 0 Å². The molecule has 0 amide bonds. The van der Waals surface area contributed by atoms with Crippen LogP contribution in [0.2, 0.25) is 0 Å². The Morgan fingerprint density at radius 3 is 3.15 bits per heavy atom. The highest BCUT2D eigenvalue weighted by Gasteiger charge is 2.22. The lowest BCUT2D eigenvalue weighted by atomic mass is 9.94. The molecule has 70 valence electrons. The third-order valence-electron chi connectivity index (χ3n) is 2.37. The first-order valence-corrected chi connectivity index (χ1v) is 5.14. The van der Waals surface area contributed by atoms with Crippen LogP contribution in [0.1, 0.15) is 17.9 Å². The molecule has 3 heteroatoms. The van der Waals surface area contributed by atoms with Gasteiger partial charge in [-0.3, -0.25) is 0 Å². The summed E-state index contributed by atoms with van der Waals surface area (Å²) in [5.74, 6) is 1.12. The fraction of sp³-hybridized carbons (Fsp3) is 0.400. The van der Waals surface area contributed by atoms with E-state index in [2.05, 4.69) is 15.9 Å². The molecule has 1 unspecified atom stereocenters. The topological polar surface area (TPSA) is 29.5 Å². The van der Waals surface area contributed by atoms with Gasteiger partial charge in [0.1, 0.15) is 5.75 Å². The third kappa shape index (κ3) is 1.58. The van der Waals surface area contributed by atoms with Crippen LogP contribution >= 0.6 is 15.9 Å². The van der Waals surface area contributed by atoms with Crippen molar-refractivity contribution in [3.05, 3.63) is 28.2 Å². The van der Waals surface area contributed by atoms with Crippen LogP contribution in [0.25, 0.3) is 0 Å². The van der Waals surface area contributed by atoms with E-state index in [1.807, 2.05) is 18.2 Å². The molecule has 1 aliphatic heterocycles. The number of rotatable bonds is 1. The van der Waals surface area contributed by atoms with Crippen LogP contribution in [-0.2, 0) is 0 Å². The van der Waals surface area contributed by atoms with Crippen LogP contribution in [0, 0.1) is 0 Å². The molecule has 0 saturated carbocycles. The van der Waals surface area contributed by atoms with Crippen molar-refractivity contribution in [1.29, 1.82) is 0 Å². The first-order chi connectivity index (χ1) is 6.33. The maximum Gasteiger partial charge on any atom is 0.123 e. The summed E-state index contributed by atoms with van der Waals surface area (Å²) in [6.07, 6.45) is 0.895. The molecule has 13 heavy (non-hydrogen) atoms.